The van der Waals surface area contributed by atoms with Crippen molar-refractivity contribution in [1.82, 2.24) is 0 Å². The van der Waals surface area contributed by atoms with Gasteiger partial charge < -0.3 is 58.9 Å². The highest BCUT2D eigenvalue weighted by molar-refractivity contribution is 6.33. The third-order valence-corrected chi connectivity index (χ3v) is 7.89. The van der Waals surface area contributed by atoms with Crippen molar-refractivity contribution < 1.29 is 63.2 Å². The molecule has 3 heterocycles. The number of carbonyl (C=O) groups is 2. The fraction of sp³-hybridized carbons (Fsp3) is 0.533. The van der Waals surface area contributed by atoms with Crippen molar-refractivity contribution in [1.29, 1.82) is 0 Å². The van der Waals surface area contributed by atoms with Crippen LogP contribution >= 0.6 is 11.6 Å². The van der Waals surface area contributed by atoms with E-state index in [1.165, 1.54) is 6.92 Å². The lowest BCUT2D eigenvalue weighted by molar-refractivity contribution is -0.383. The SMILES string of the molecule is CC(=O)Nc1cc(CO[C@@H]2O[C@H](COC(=O)c3ccccc3)[C@@H](O[C@H]3O[C@@H]4COC(C)O[C@H]4[C@H](O)[C@H]3O)[C@H](O)[C@H]2O)ccc1Cl. The van der Waals surface area contributed by atoms with Crippen molar-refractivity contribution in [2.75, 3.05) is 18.5 Å². The number of anilines is 1. The minimum atomic E-state index is -1.69. The number of esters is 1. The van der Waals surface area contributed by atoms with Crippen molar-refractivity contribution >= 4 is 29.2 Å². The van der Waals surface area contributed by atoms with Gasteiger partial charge in [0.2, 0.25) is 5.91 Å². The molecule has 14 nitrogen and oxygen atoms in total. The standard InChI is InChI=1S/C30H36ClNO13/c1-14(33)32-19-10-16(8-9-18(19)31)11-41-29-24(36)22(34)27(21(43-29)13-40-28(38)17-6-4-3-5-7-17)45-30-25(37)23(35)26-20(44-30)12-39-15(2)42-26/h3-10,15,20-27,29-30,34-37H,11-13H2,1-2H3,(H,32,33)/t15?,20-,21-,22-,23-,24-,25-,26-,27-,29-,30-/m1/s1. The van der Waals surface area contributed by atoms with Gasteiger partial charge in [0.15, 0.2) is 18.9 Å². The Balaban J connectivity index is 1.31. The maximum atomic E-state index is 12.7. The molecule has 3 aliphatic rings. The lowest BCUT2D eigenvalue weighted by Gasteiger charge is -2.48. The molecule has 3 aliphatic heterocycles. The Morgan fingerprint density at radius 3 is 2.42 bits per heavy atom. The number of nitrogens with one attached hydrogen (secondary N) is 1. The lowest BCUT2D eigenvalue weighted by Crippen LogP contribution is -2.66. The largest absolute Gasteiger partial charge is 0.459 e. The molecule has 3 fully saturated rings. The molecule has 0 spiro atoms. The molecule has 1 unspecified atom stereocenters. The molecule has 0 radical (unpaired) electrons. The van der Waals surface area contributed by atoms with E-state index in [1.54, 1.807) is 55.5 Å². The summed E-state index contributed by atoms with van der Waals surface area (Å²) in [5, 5.41) is 46.6. The highest BCUT2D eigenvalue weighted by atomic mass is 35.5. The average Bonchev–Trinajstić information content (AvgIpc) is 3.02. The van der Waals surface area contributed by atoms with E-state index in [0.717, 1.165) is 0 Å². The summed E-state index contributed by atoms with van der Waals surface area (Å²) in [6, 6.07) is 13.0. The van der Waals surface area contributed by atoms with E-state index in [9.17, 15) is 30.0 Å². The molecule has 5 rings (SSSR count). The summed E-state index contributed by atoms with van der Waals surface area (Å²) in [4.78, 5) is 24.2. The Kier molecular flexibility index (Phi) is 11.1. The second kappa shape index (κ2) is 14.8. The van der Waals surface area contributed by atoms with Gasteiger partial charge in [-0.2, -0.15) is 0 Å². The summed E-state index contributed by atoms with van der Waals surface area (Å²) in [5.41, 5.74) is 1.18. The quantitative estimate of drug-likeness (QED) is 0.238. The van der Waals surface area contributed by atoms with E-state index >= 15 is 0 Å². The molecule has 0 aromatic heterocycles. The van der Waals surface area contributed by atoms with Crippen LogP contribution in [-0.4, -0.2) is 113 Å². The van der Waals surface area contributed by atoms with Crippen LogP contribution in [0.4, 0.5) is 5.69 Å². The highest BCUT2D eigenvalue weighted by Gasteiger charge is 2.53. The number of hydrogen-bond donors (Lipinski definition) is 5. The van der Waals surface area contributed by atoms with Crippen LogP contribution in [0, 0.1) is 0 Å². The van der Waals surface area contributed by atoms with Gasteiger partial charge in [-0.3, -0.25) is 4.79 Å². The summed E-state index contributed by atoms with van der Waals surface area (Å²) in [5.74, 6) is -1.00. The molecule has 45 heavy (non-hydrogen) atoms. The molecule has 1 amide bonds. The van der Waals surface area contributed by atoms with Crippen LogP contribution in [0.25, 0.3) is 0 Å². The van der Waals surface area contributed by atoms with Crippen LogP contribution in [0.2, 0.25) is 5.02 Å². The van der Waals surface area contributed by atoms with Crippen molar-refractivity contribution in [3.8, 4) is 0 Å². The zero-order chi connectivity index (χ0) is 32.2. The van der Waals surface area contributed by atoms with E-state index in [-0.39, 0.29) is 24.7 Å². The second-order valence-corrected chi connectivity index (χ2v) is 11.3. The predicted octanol–water partition coefficient (Wildman–Crippen LogP) is 0.712. The van der Waals surface area contributed by atoms with Gasteiger partial charge in [0.05, 0.1) is 29.5 Å². The minimum Gasteiger partial charge on any atom is -0.459 e. The van der Waals surface area contributed by atoms with Crippen molar-refractivity contribution in [3.05, 3.63) is 64.7 Å². The second-order valence-electron chi connectivity index (χ2n) is 10.9. The number of halogens is 1. The first-order chi connectivity index (χ1) is 21.5. The first kappa shape index (κ1) is 33.6. The van der Waals surface area contributed by atoms with Crippen LogP contribution in [0.15, 0.2) is 48.5 Å². The fourth-order valence-electron chi connectivity index (χ4n) is 5.25. The number of amides is 1. The van der Waals surface area contributed by atoms with E-state index in [1.807, 2.05) is 0 Å². The molecule has 3 saturated heterocycles. The molecule has 2 aromatic rings. The summed E-state index contributed by atoms with van der Waals surface area (Å²) in [7, 11) is 0. The Morgan fingerprint density at radius 1 is 0.956 bits per heavy atom. The lowest BCUT2D eigenvalue weighted by atomic mass is 9.96. The summed E-state index contributed by atoms with van der Waals surface area (Å²) in [6.07, 6.45) is -14.3. The minimum absolute atomic E-state index is 0.0458. The summed E-state index contributed by atoms with van der Waals surface area (Å²) in [6.45, 7) is 2.45. The van der Waals surface area contributed by atoms with Gasteiger partial charge in [0, 0.05) is 6.92 Å². The molecule has 0 bridgehead atoms. The smallest absolute Gasteiger partial charge is 0.338 e. The average molecular weight is 654 g/mol. The molecule has 5 N–H and O–H groups in total. The Hall–Kier alpha value is -2.73. The fourth-order valence-corrected chi connectivity index (χ4v) is 5.42. The number of hydrogen-bond acceptors (Lipinski definition) is 13. The maximum absolute atomic E-state index is 12.7. The van der Waals surface area contributed by atoms with Crippen LogP contribution in [-0.2, 0) is 44.6 Å². The Morgan fingerprint density at radius 2 is 1.69 bits per heavy atom. The zero-order valence-corrected chi connectivity index (χ0v) is 25.2. The molecule has 2 aromatic carbocycles. The molecular weight excluding hydrogens is 618 g/mol. The number of fused-ring (bicyclic) bond motifs is 1. The van der Waals surface area contributed by atoms with E-state index < -0.39 is 80.3 Å². The van der Waals surface area contributed by atoms with Gasteiger partial charge in [0.25, 0.3) is 0 Å². The van der Waals surface area contributed by atoms with Crippen molar-refractivity contribution in [2.45, 2.75) is 88.2 Å². The molecule has 11 atom stereocenters. The summed E-state index contributed by atoms with van der Waals surface area (Å²) >= 11 is 6.15. The van der Waals surface area contributed by atoms with Crippen LogP contribution in [0.5, 0.6) is 0 Å². The zero-order valence-electron chi connectivity index (χ0n) is 24.4. The van der Waals surface area contributed by atoms with Crippen LogP contribution in [0.3, 0.4) is 0 Å². The van der Waals surface area contributed by atoms with Crippen molar-refractivity contribution in [3.63, 3.8) is 0 Å². The maximum Gasteiger partial charge on any atom is 0.338 e. The first-order valence-electron chi connectivity index (χ1n) is 14.4. The van der Waals surface area contributed by atoms with Crippen molar-refractivity contribution in [2.24, 2.45) is 0 Å². The predicted molar refractivity (Wildman–Crippen MR) is 154 cm³/mol. The van der Waals surface area contributed by atoms with E-state index in [0.29, 0.717) is 16.3 Å². The Bertz CT molecular complexity index is 1320. The number of benzene rings is 2. The first-order valence-corrected chi connectivity index (χ1v) is 14.7. The van der Waals surface area contributed by atoms with Gasteiger partial charge in [-0.1, -0.05) is 35.9 Å². The van der Waals surface area contributed by atoms with Gasteiger partial charge >= 0.3 is 5.97 Å². The number of rotatable bonds is 9. The van der Waals surface area contributed by atoms with E-state index in [2.05, 4.69) is 5.32 Å². The topological polar surface area (TPSA) is 192 Å². The number of aliphatic hydroxyl groups excluding tert-OH is 4. The Labute approximate surface area is 263 Å². The third-order valence-electron chi connectivity index (χ3n) is 7.56. The normalized spacial score (nSPS) is 34.9. The molecule has 0 saturated carbocycles. The molecule has 0 aliphatic carbocycles. The van der Waals surface area contributed by atoms with Gasteiger partial charge in [0.1, 0.15) is 55.4 Å². The number of aliphatic hydroxyl groups is 4. The molecule has 246 valence electrons. The van der Waals surface area contributed by atoms with Crippen LogP contribution < -0.4 is 5.32 Å². The third kappa shape index (κ3) is 7.99. The highest BCUT2D eigenvalue weighted by Crippen LogP contribution is 2.33. The summed E-state index contributed by atoms with van der Waals surface area (Å²) < 4.78 is 39.9. The van der Waals surface area contributed by atoms with Gasteiger partial charge in [-0.05, 0) is 36.8 Å². The molecular formula is C30H36ClNO13. The van der Waals surface area contributed by atoms with E-state index in [4.69, 9.17) is 44.8 Å². The van der Waals surface area contributed by atoms with Crippen LogP contribution in [0.1, 0.15) is 29.8 Å². The van der Waals surface area contributed by atoms with Gasteiger partial charge in [-0.25, -0.2) is 4.79 Å². The molecule has 15 heteroatoms. The van der Waals surface area contributed by atoms with Gasteiger partial charge in [-0.15, -0.1) is 0 Å². The monoisotopic (exact) mass is 653 g/mol. The number of carbonyl (C=O) groups excluding carboxylic acids is 2. The number of ether oxygens (including phenoxy) is 7.